The zero-order chi connectivity index (χ0) is 13.9. The third kappa shape index (κ3) is 2.81. The third-order valence-electron chi connectivity index (χ3n) is 3.93. The molecule has 0 saturated heterocycles. The smallest absolute Gasteiger partial charge is 0.167 e. The molecule has 2 nitrogen and oxygen atoms in total. The Morgan fingerprint density at radius 2 is 1.67 bits per heavy atom. The van der Waals surface area contributed by atoms with Gasteiger partial charge in [0.15, 0.2) is 5.78 Å². The molecule has 0 aliphatic carbocycles. The van der Waals surface area contributed by atoms with Gasteiger partial charge in [0.2, 0.25) is 0 Å². The molecule has 1 rings (SSSR count). The van der Waals surface area contributed by atoms with E-state index in [1.807, 2.05) is 7.05 Å². The lowest BCUT2D eigenvalue weighted by atomic mass is 9.86. The van der Waals surface area contributed by atoms with E-state index >= 15 is 0 Å². The summed E-state index contributed by atoms with van der Waals surface area (Å²) in [5, 5.41) is 3.12. The number of nitrogens with one attached hydrogen (secondary N) is 1. The molecule has 0 fully saturated rings. The average Bonchev–Trinajstić information content (AvgIpc) is 2.33. The Morgan fingerprint density at radius 1 is 1.17 bits per heavy atom. The van der Waals surface area contributed by atoms with Crippen LogP contribution < -0.4 is 5.32 Å². The molecule has 0 aliphatic heterocycles. The normalized spacial score (nSPS) is 12.6. The fourth-order valence-corrected chi connectivity index (χ4v) is 2.46. The monoisotopic (exact) mass is 247 g/mol. The van der Waals surface area contributed by atoms with Crippen molar-refractivity contribution < 1.29 is 4.79 Å². The maximum Gasteiger partial charge on any atom is 0.167 e. The first-order valence-electron chi connectivity index (χ1n) is 6.70. The van der Waals surface area contributed by atoms with Crippen LogP contribution in [0.4, 0.5) is 0 Å². The summed E-state index contributed by atoms with van der Waals surface area (Å²) >= 11 is 0. The van der Waals surface area contributed by atoms with Crippen molar-refractivity contribution in [3.63, 3.8) is 0 Å². The Kier molecular flexibility index (Phi) is 5.09. The maximum absolute atomic E-state index is 12.7. The predicted octanol–water partition coefficient (Wildman–Crippen LogP) is 3.35. The van der Waals surface area contributed by atoms with Gasteiger partial charge in [-0.25, -0.2) is 0 Å². The second-order valence-electron chi connectivity index (χ2n) is 5.16. The molecule has 1 aromatic carbocycles. The summed E-state index contributed by atoms with van der Waals surface area (Å²) in [7, 11) is 1.90. The molecule has 0 aromatic heterocycles. The summed E-state index contributed by atoms with van der Waals surface area (Å²) in [5.74, 6) is 0.363. The molecule has 0 saturated carbocycles. The highest BCUT2D eigenvalue weighted by Gasteiger charge is 2.22. The second-order valence-corrected chi connectivity index (χ2v) is 5.16. The van der Waals surface area contributed by atoms with E-state index in [1.165, 1.54) is 11.1 Å². The van der Waals surface area contributed by atoms with Gasteiger partial charge in [-0.1, -0.05) is 13.0 Å². The lowest BCUT2D eigenvalue weighted by Crippen LogP contribution is -2.27. The number of carbonyl (C=O) groups excluding carboxylic acids is 1. The number of rotatable bonds is 5. The van der Waals surface area contributed by atoms with E-state index in [4.69, 9.17) is 0 Å². The lowest BCUT2D eigenvalue weighted by molar-refractivity contribution is 0.0915. The first-order chi connectivity index (χ1) is 8.43. The van der Waals surface area contributed by atoms with Crippen LogP contribution in [0.1, 0.15) is 46.0 Å². The number of Topliss-reactive ketones (excluding diaryl/α,β-unsaturated/α-hetero) is 1. The highest BCUT2D eigenvalue weighted by Crippen LogP contribution is 2.25. The lowest BCUT2D eigenvalue weighted by Gasteiger charge is -2.19. The van der Waals surface area contributed by atoms with Crippen molar-refractivity contribution in [3.8, 4) is 0 Å². The largest absolute Gasteiger partial charge is 0.319 e. The van der Waals surface area contributed by atoms with Crippen molar-refractivity contribution in [2.75, 3.05) is 13.6 Å². The van der Waals surface area contributed by atoms with Gasteiger partial charge < -0.3 is 5.32 Å². The predicted molar refractivity (Wildman–Crippen MR) is 77.4 cm³/mol. The van der Waals surface area contributed by atoms with E-state index in [0.29, 0.717) is 0 Å². The van der Waals surface area contributed by atoms with Crippen molar-refractivity contribution in [1.82, 2.24) is 5.32 Å². The Balaban J connectivity index is 3.27. The topological polar surface area (TPSA) is 29.1 Å². The second kappa shape index (κ2) is 6.14. The molecule has 18 heavy (non-hydrogen) atoms. The summed E-state index contributed by atoms with van der Waals surface area (Å²) in [4.78, 5) is 12.7. The Labute approximate surface area is 111 Å². The minimum atomic E-state index is 0.0774. The molecule has 0 aliphatic rings. The number of hydrogen-bond acceptors (Lipinski definition) is 2. The van der Waals surface area contributed by atoms with E-state index in [9.17, 15) is 4.79 Å². The SMILES string of the molecule is CCC(CNC)C(=O)c1c(C)c(C)cc(C)c1C. The highest BCUT2D eigenvalue weighted by atomic mass is 16.1. The van der Waals surface area contributed by atoms with Crippen molar-refractivity contribution in [2.45, 2.75) is 41.0 Å². The molecule has 1 aromatic rings. The third-order valence-corrected chi connectivity index (χ3v) is 3.93. The fraction of sp³-hybridized carbons (Fsp3) is 0.562. The summed E-state index contributed by atoms with van der Waals surface area (Å²) in [6.45, 7) is 11.1. The van der Waals surface area contributed by atoms with Gasteiger partial charge in [0.1, 0.15) is 0 Å². The Hall–Kier alpha value is -1.15. The average molecular weight is 247 g/mol. The van der Waals surface area contributed by atoms with Gasteiger partial charge in [0, 0.05) is 18.0 Å². The minimum absolute atomic E-state index is 0.0774. The Morgan fingerprint density at radius 3 is 2.06 bits per heavy atom. The summed E-state index contributed by atoms with van der Waals surface area (Å²) in [6, 6.07) is 2.17. The number of benzene rings is 1. The minimum Gasteiger partial charge on any atom is -0.319 e. The van der Waals surface area contributed by atoms with E-state index in [-0.39, 0.29) is 11.7 Å². The molecule has 0 spiro atoms. The summed E-state index contributed by atoms with van der Waals surface area (Å²) in [6.07, 6.45) is 0.880. The van der Waals surface area contributed by atoms with E-state index in [0.717, 1.165) is 29.7 Å². The number of ketones is 1. The molecular weight excluding hydrogens is 222 g/mol. The first kappa shape index (κ1) is 14.9. The summed E-state index contributed by atoms with van der Waals surface area (Å²) in [5.41, 5.74) is 5.63. The molecule has 0 heterocycles. The fourth-order valence-electron chi connectivity index (χ4n) is 2.46. The molecule has 1 atom stereocenters. The van der Waals surface area contributed by atoms with Gasteiger partial charge in [0.25, 0.3) is 0 Å². The molecular formula is C16H25NO. The number of carbonyl (C=O) groups is 1. The van der Waals surface area contributed by atoms with Crippen molar-refractivity contribution in [1.29, 1.82) is 0 Å². The van der Waals surface area contributed by atoms with E-state index < -0.39 is 0 Å². The zero-order valence-corrected chi connectivity index (χ0v) is 12.5. The molecule has 0 radical (unpaired) electrons. The van der Waals surface area contributed by atoms with Gasteiger partial charge in [-0.2, -0.15) is 0 Å². The quantitative estimate of drug-likeness (QED) is 0.808. The van der Waals surface area contributed by atoms with E-state index in [1.54, 1.807) is 0 Å². The maximum atomic E-state index is 12.7. The van der Waals surface area contributed by atoms with Crippen LogP contribution in [-0.4, -0.2) is 19.4 Å². The molecule has 0 bridgehead atoms. The first-order valence-corrected chi connectivity index (χ1v) is 6.70. The van der Waals surface area contributed by atoms with Crippen LogP contribution in [0.5, 0.6) is 0 Å². The van der Waals surface area contributed by atoms with Crippen LogP contribution >= 0.6 is 0 Å². The van der Waals surface area contributed by atoms with Crippen LogP contribution in [0.15, 0.2) is 6.07 Å². The number of hydrogen-bond donors (Lipinski definition) is 1. The van der Waals surface area contributed by atoms with Crippen molar-refractivity contribution >= 4 is 5.78 Å². The van der Waals surface area contributed by atoms with Gasteiger partial charge in [-0.05, 0) is 63.4 Å². The standard InChI is InChI=1S/C16H25NO/c1-7-14(9-17-6)16(18)15-12(4)10(2)8-11(3)13(15)5/h8,14,17H,7,9H2,1-6H3. The van der Waals surface area contributed by atoms with Gasteiger partial charge in [-0.3, -0.25) is 4.79 Å². The van der Waals surface area contributed by atoms with Crippen LogP contribution in [-0.2, 0) is 0 Å². The van der Waals surface area contributed by atoms with Crippen LogP contribution in [0.25, 0.3) is 0 Å². The van der Waals surface area contributed by atoms with Gasteiger partial charge >= 0.3 is 0 Å². The van der Waals surface area contributed by atoms with Gasteiger partial charge in [0.05, 0.1) is 0 Å². The molecule has 1 N–H and O–H groups in total. The highest BCUT2D eigenvalue weighted by molar-refractivity contribution is 6.01. The molecule has 1 unspecified atom stereocenters. The molecule has 0 amide bonds. The summed E-state index contributed by atoms with van der Waals surface area (Å²) < 4.78 is 0. The molecule has 100 valence electrons. The zero-order valence-electron chi connectivity index (χ0n) is 12.5. The van der Waals surface area contributed by atoms with E-state index in [2.05, 4.69) is 46.0 Å². The van der Waals surface area contributed by atoms with Crippen LogP contribution in [0.3, 0.4) is 0 Å². The number of aryl methyl sites for hydroxylation is 2. The Bertz CT molecular complexity index is 423. The van der Waals surface area contributed by atoms with Gasteiger partial charge in [-0.15, -0.1) is 0 Å². The van der Waals surface area contributed by atoms with Crippen molar-refractivity contribution in [3.05, 3.63) is 33.9 Å². The molecule has 2 heteroatoms. The van der Waals surface area contributed by atoms with Crippen molar-refractivity contribution in [2.24, 2.45) is 5.92 Å². The van der Waals surface area contributed by atoms with Crippen LogP contribution in [0.2, 0.25) is 0 Å². The van der Waals surface area contributed by atoms with Crippen LogP contribution in [0, 0.1) is 33.6 Å².